The molecule has 0 aliphatic rings. The molecule has 156 valence electrons. The van der Waals surface area contributed by atoms with Gasteiger partial charge in [0.2, 0.25) is 11.8 Å². The quantitative estimate of drug-likeness (QED) is 0.424. The van der Waals surface area contributed by atoms with Crippen molar-refractivity contribution < 1.29 is 14.7 Å². The van der Waals surface area contributed by atoms with Crippen LogP contribution in [0.5, 0.6) is 5.75 Å². The zero-order valence-electron chi connectivity index (χ0n) is 17.4. The number of amides is 2. The lowest BCUT2D eigenvalue weighted by molar-refractivity contribution is -0.128. The maximum atomic E-state index is 12.4. The minimum Gasteiger partial charge on any atom is -0.507 e. The smallest absolute Gasteiger partial charge is 0.242 e. The summed E-state index contributed by atoms with van der Waals surface area (Å²) in [6.07, 6.45) is 3.98. The number of carbonyl (C=O) groups is 2. The number of aromatic hydroxyl groups is 1. The number of unbranched alkanes of at least 4 members (excludes halogenated alkanes) is 1. The zero-order chi connectivity index (χ0) is 21.2. The summed E-state index contributed by atoms with van der Waals surface area (Å²) in [7, 11) is 0. The fourth-order valence-electron chi connectivity index (χ4n) is 3.09. The largest absolute Gasteiger partial charge is 0.507 e. The maximum absolute atomic E-state index is 12.4. The Morgan fingerprint density at radius 2 is 1.93 bits per heavy atom. The van der Waals surface area contributed by atoms with Crippen LogP contribution in [0.2, 0.25) is 0 Å². The standard InChI is InChI=1S/C23H31N3O3/c1-4-5-12-25-23(29)20(13-16(2)3)26-22(28)15-24-14-19-18-9-7-6-8-17(18)10-11-21(19)27/h6-11,14,16,20,27H,4-5,12-13,15H2,1-3H3,(H,25,29)(H,26,28)/t20-/m0/s1. The molecule has 2 amide bonds. The van der Waals surface area contributed by atoms with Crippen LogP contribution in [0.25, 0.3) is 10.8 Å². The summed E-state index contributed by atoms with van der Waals surface area (Å²) in [6, 6.07) is 10.5. The lowest BCUT2D eigenvalue weighted by atomic mass is 10.0. The molecule has 0 aliphatic heterocycles. The van der Waals surface area contributed by atoms with E-state index in [2.05, 4.69) is 22.5 Å². The van der Waals surface area contributed by atoms with Gasteiger partial charge in [0.15, 0.2) is 0 Å². The Morgan fingerprint density at radius 1 is 1.17 bits per heavy atom. The van der Waals surface area contributed by atoms with Gasteiger partial charge < -0.3 is 15.7 Å². The topological polar surface area (TPSA) is 90.8 Å². The molecule has 6 heteroatoms. The number of fused-ring (bicyclic) bond motifs is 1. The normalized spacial score (nSPS) is 12.4. The van der Waals surface area contributed by atoms with Gasteiger partial charge in [-0.3, -0.25) is 14.6 Å². The summed E-state index contributed by atoms with van der Waals surface area (Å²) in [6.45, 7) is 6.59. The number of aliphatic imine (C=N–C) groups is 1. The third kappa shape index (κ3) is 6.89. The second kappa shape index (κ2) is 11.2. The van der Waals surface area contributed by atoms with Gasteiger partial charge in [-0.25, -0.2) is 0 Å². The first-order valence-corrected chi connectivity index (χ1v) is 10.2. The van der Waals surface area contributed by atoms with Crippen LogP contribution in [0.1, 0.15) is 45.6 Å². The predicted molar refractivity (Wildman–Crippen MR) is 117 cm³/mol. The van der Waals surface area contributed by atoms with Crippen LogP contribution < -0.4 is 10.6 Å². The van der Waals surface area contributed by atoms with Crippen LogP contribution in [0.3, 0.4) is 0 Å². The minimum atomic E-state index is -0.569. The lowest BCUT2D eigenvalue weighted by Crippen LogP contribution is -2.48. The average Bonchev–Trinajstić information content (AvgIpc) is 2.69. The van der Waals surface area contributed by atoms with Crippen LogP contribution in [-0.2, 0) is 9.59 Å². The van der Waals surface area contributed by atoms with Crippen LogP contribution >= 0.6 is 0 Å². The molecule has 2 aromatic carbocycles. The van der Waals surface area contributed by atoms with Crippen molar-refractivity contribution in [1.82, 2.24) is 10.6 Å². The van der Waals surface area contributed by atoms with E-state index in [0.717, 1.165) is 23.6 Å². The Labute approximate surface area is 172 Å². The van der Waals surface area contributed by atoms with E-state index in [1.54, 1.807) is 6.07 Å². The fraction of sp³-hybridized carbons (Fsp3) is 0.435. The summed E-state index contributed by atoms with van der Waals surface area (Å²) in [5, 5.41) is 17.7. The number of phenolic OH excluding ortho intramolecular Hbond substituents is 1. The molecule has 0 fully saturated rings. The first-order valence-electron chi connectivity index (χ1n) is 10.2. The Bertz CT molecular complexity index is 862. The van der Waals surface area contributed by atoms with Gasteiger partial charge >= 0.3 is 0 Å². The van der Waals surface area contributed by atoms with E-state index in [1.807, 2.05) is 44.2 Å². The summed E-state index contributed by atoms with van der Waals surface area (Å²) < 4.78 is 0. The molecule has 1 atom stereocenters. The van der Waals surface area contributed by atoms with Crippen molar-refractivity contribution in [3.05, 3.63) is 42.0 Å². The highest BCUT2D eigenvalue weighted by molar-refractivity contribution is 6.02. The zero-order valence-corrected chi connectivity index (χ0v) is 17.4. The molecule has 2 rings (SSSR count). The number of carbonyl (C=O) groups excluding carboxylic acids is 2. The van der Waals surface area contributed by atoms with E-state index in [4.69, 9.17) is 0 Å². The number of nitrogens with one attached hydrogen (secondary N) is 2. The van der Waals surface area contributed by atoms with Crippen molar-refractivity contribution in [1.29, 1.82) is 0 Å². The number of hydrogen-bond donors (Lipinski definition) is 3. The van der Waals surface area contributed by atoms with Crippen molar-refractivity contribution >= 4 is 28.8 Å². The van der Waals surface area contributed by atoms with Crippen LogP contribution in [-0.4, -0.2) is 42.3 Å². The van der Waals surface area contributed by atoms with E-state index >= 15 is 0 Å². The Hall–Kier alpha value is -2.89. The predicted octanol–water partition coefficient (Wildman–Crippen LogP) is 3.41. The van der Waals surface area contributed by atoms with E-state index in [0.29, 0.717) is 18.5 Å². The van der Waals surface area contributed by atoms with Gasteiger partial charge in [0, 0.05) is 18.3 Å². The van der Waals surface area contributed by atoms with Gasteiger partial charge in [-0.05, 0) is 35.6 Å². The second-order valence-corrected chi connectivity index (χ2v) is 7.58. The first-order chi connectivity index (χ1) is 13.9. The van der Waals surface area contributed by atoms with Crippen molar-refractivity contribution in [2.75, 3.05) is 13.1 Å². The molecular weight excluding hydrogens is 366 g/mol. The monoisotopic (exact) mass is 397 g/mol. The van der Waals surface area contributed by atoms with E-state index < -0.39 is 6.04 Å². The molecule has 6 nitrogen and oxygen atoms in total. The number of rotatable bonds is 10. The summed E-state index contributed by atoms with van der Waals surface area (Å²) in [4.78, 5) is 28.9. The summed E-state index contributed by atoms with van der Waals surface area (Å²) in [5.74, 6) is -0.0948. The first kappa shape index (κ1) is 22.4. The lowest BCUT2D eigenvalue weighted by Gasteiger charge is -2.19. The third-order valence-corrected chi connectivity index (χ3v) is 4.59. The van der Waals surface area contributed by atoms with E-state index in [1.165, 1.54) is 6.21 Å². The van der Waals surface area contributed by atoms with Gasteiger partial charge in [-0.15, -0.1) is 0 Å². The van der Waals surface area contributed by atoms with Crippen molar-refractivity contribution in [2.45, 2.75) is 46.1 Å². The molecule has 0 bridgehead atoms. The Morgan fingerprint density at radius 3 is 2.66 bits per heavy atom. The Balaban J connectivity index is 2.01. The van der Waals surface area contributed by atoms with Gasteiger partial charge in [0.1, 0.15) is 18.3 Å². The van der Waals surface area contributed by atoms with Crippen LogP contribution in [0, 0.1) is 5.92 Å². The van der Waals surface area contributed by atoms with E-state index in [-0.39, 0.29) is 30.0 Å². The summed E-state index contributed by atoms with van der Waals surface area (Å²) >= 11 is 0. The van der Waals surface area contributed by atoms with Gasteiger partial charge in [-0.1, -0.05) is 57.5 Å². The van der Waals surface area contributed by atoms with Gasteiger partial charge in [-0.2, -0.15) is 0 Å². The molecule has 0 saturated carbocycles. The number of hydrogen-bond acceptors (Lipinski definition) is 4. The number of nitrogens with zero attached hydrogens (tertiary/aromatic N) is 1. The number of benzene rings is 2. The molecule has 0 saturated heterocycles. The summed E-state index contributed by atoms with van der Waals surface area (Å²) in [5.41, 5.74) is 0.576. The highest BCUT2D eigenvalue weighted by atomic mass is 16.3. The fourth-order valence-corrected chi connectivity index (χ4v) is 3.09. The third-order valence-electron chi connectivity index (χ3n) is 4.59. The average molecular weight is 398 g/mol. The van der Waals surface area contributed by atoms with Gasteiger partial charge in [0.25, 0.3) is 0 Å². The molecule has 3 N–H and O–H groups in total. The minimum absolute atomic E-state index is 0.112. The molecule has 0 heterocycles. The molecule has 0 aliphatic carbocycles. The highest BCUT2D eigenvalue weighted by Gasteiger charge is 2.21. The van der Waals surface area contributed by atoms with Crippen molar-refractivity contribution in [3.8, 4) is 5.75 Å². The molecule has 0 spiro atoms. The SMILES string of the molecule is CCCCNC(=O)[C@H](CC(C)C)NC(=O)CN=Cc1c(O)ccc2ccccc12. The van der Waals surface area contributed by atoms with Crippen LogP contribution in [0.4, 0.5) is 0 Å². The van der Waals surface area contributed by atoms with Crippen LogP contribution in [0.15, 0.2) is 41.4 Å². The highest BCUT2D eigenvalue weighted by Crippen LogP contribution is 2.25. The van der Waals surface area contributed by atoms with Crippen molar-refractivity contribution in [2.24, 2.45) is 10.9 Å². The van der Waals surface area contributed by atoms with E-state index in [9.17, 15) is 14.7 Å². The molecule has 29 heavy (non-hydrogen) atoms. The molecular formula is C23H31N3O3. The number of phenols is 1. The maximum Gasteiger partial charge on any atom is 0.242 e. The second-order valence-electron chi connectivity index (χ2n) is 7.58. The molecule has 0 aromatic heterocycles. The molecule has 0 unspecified atom stereocenters. The van der Waals surface area contributed by atoms with Crippen molar-refractivity contribution in [3.63, 3.8) is 0 Å². The Kier molecular flexibility index (Phi) is 8.65. The molecule has 0 radical (unpaired) electrons. The molecule has 2 aromatic rings. The van der Waals surface area contributed by atoms with Gasteiger partial charge in [0.05, 0.1) is 0 Å².